The molecule has 0 aliphatic heterocycles. The molecule has 120 valence electrons. The van der Waals surface area contributed by atoms with Crippen molar-refractivity contribution in [3.63, 3.8) is 0 Å². The fourth-order valence-corrected chi connectivity index (χ4v) is 3.22. The lowest BCUT2D eigenvalue weighted by atomic mass is 9.84. The lowest BCUT2D eigenvalue weighted by molar-refractivity contribution is 0.719. The highest BCUT2D eigenvalue weighted by molar-refractivity contribution is 5.43. The minimum Gasteiger partial charge on any atom is -0.0654 e. The Balaban J connectivity index is 3.19. The number of rotatable bonds is 10. The number of hydrogen-bond donors (Lipinski definition) is 0. The number of benzene rings is 1. The normalized spacial score (nSPS) is 11.3. The van der Waals surface area contributed by atoms with Crippen LogP contribution in [-0.4, -0.2) is 0 Å². The summed E-state index contributed by atoms with van der Waals surface area (Å²) in [6.45, 7) is 11.6. The molecular formula is C21H36. The first kappa shape index (κ1) is 18.3. The molecule has 1 aromatic rings. The molecule has 0 bridgehead atoms. The summed E-state index contributed by atoms with van der Waals surface area (Å²) in [7, 11) is 0. The SMILES string of the molecule is CCCCc1ccc(C(C)C)c(CCCC)c1CCCC. The van der Waals surface area contributed by atoms with Gasteiger partial charge in [0.1, 0.15) is 0 Å². The Morgan fingerprint density at radius 1 is 0.714 bits per heavy atom. The molecule has 1 aromatic carbocycles. The summed E-state index contributed by atoms with van der Waals surface area (Å²) in [6.07, 6.45) is 11.7. The van der Waals surface area contributed by atoms with Gasteiger partial charge in [-0.05, 0) is 66.7 Å². The molecule has 1 rings (SSSR count). The quantitative estimate of drug-likeness (QED) is 0.442. The van der Waals surface area contributed by atoms with Crippen molar-refractivity contribution >= 4 is 0 Å². The van der Waals surface area contributed by atoms with E-state index in [9.17, 15) is 0 Å². The summed E-state index contributed by atoms with van der Waals surface area (Å²) in [4.78, 5) is 0. The van der Waals surface area contributed by atoms with Crippen molar-refractivity contribution in [2.24, 2.45) is 0 Å². The summed E-state index contributed by atoms with van der Waals surface area (Å²) in [5.41, 5.74) is 6.66. The lowest BCUT2D eigenvalue weighted by Gasteiger charge is -2.21. The molecule has 0 unspecified atom stereocenters. The highest BCUT2D eigenvalue weighted by Crippen LogP contribution is 2.29. The lowest BCUT2D eigenvalue weighted by Crippen LogP contribution is -2.07. The molecule has 0 heterocycles. The van der Waals surface area contributed by atoms with Gasteiger partial charge in [-0.1, -0.05) is 66.0 Å². The molecule has 0 radical (unpaired) electrons. The highest BCUT2D eigenvalue weighted by atomic mass is 14.2. The zero-order valence-electron chi connectivity index (χ0n) is 15.1. The van der Waals surface area contributed by atoms with Crippen LogP contribution in [0.1, 0.15) is 101 Å². The van der Waals surface area contributed by atoms with E-state index in [0.717, 1.165) is 0 Å². The average molecular weight is 289 g/mol. The Labute approximate surface area is 133 Å². The van der Waals surface area contributed by atoms with Crippen LogP contribution in [0.3, 0.4) is 0 Å². The molecule has 0 aromatic heterocycles. The average Bonchev–Trinajstić information content (AvgIpc) is 2.48. The summed E-state index contributed by atoms with van der Waals surface area (Å²) >= 11 is 0. The molecule has 0 amide bonds. The van der Waals surface area contributed by atoms with E-state index in [1.165, 1.54) is 57.8 Å². The first-order valence-corrected chi connectivity index (χ1v) is 9.29. The van der Waals surface area contributed by atoms with Crippen LogP contribution in [0, 0.1) is 0 Å². The predicted octanol–water partition coefficient (Wildman–Crippen LogP) is 6.84. The third kappa shape index (κ3) is 5.49. The molecule has 0 saturated carbocycles. The largest absolute Gasteiger partial charge is 0.0654 e. The van der Waals surface area contributed by atoms with Crippen LogP contribution in [0.2, 0.25) is 0 Å². The third-order valence-electron chi connectivity index (χ3n) is 4.55. The van der Waals surface area contributed by atoms with Gasteiger partial charge in [-0.25, -0.2) is 0 Å². The van der Waals surface area contributed by atoms with E-state index in [1.54, 1.807) is 22.3 Å². The van der Waals surface area contributed by atoms with Crippen molar-refractivity contribution in [2.75, 3.05) is 0 Å². The van der Waals surface area contributed by atoms with Crippen molar-refractivity contribution in [3.8, 4) is 0 Å². The van der Waals surface area contributed by atoms with Crippen LogP contribution in [0.15, 0.2) is 12.1 Å². The number of hydrogen-bond acceptors (Lipinski definition) is 0. The van der Waals surface area contributed by atoms with E-state index in [-0.39, 0.29) is 0 Å². The van der Waals surface area contributed by atoms with Crippen molar-refractivity contribution < 1.29 is 0 Å². The topological polar surface area (TPSA) is 0 Å². The van der Waals surface area contributed by atoms with Gasteiger partial charge in [0, 0.05) is 0 Å². The predicted molar refractivity (Wildman–Crippen MR) is 96.4 cm³/mol. The number of aryl methyl sites for hydroxylation is 1. The maximum Gasteiger partial charge on any atom is -0.0216 e. The smallest absolute Gasteiger partial charge is 0.0216 e. The van der Waals surface area contributed by atoms with E-state index in [2.05, 4.69) is 46.8 Å². The first-order valence-electron chi connectivity index (χ1n) is 9.29. The molecule has 0 aliphatic rings. The molecule has 0 N–H and O–H groups in total. The maximum absolute atomic E-state index is 2.44. The fourth-order valence-electron chi connectivity index (χ4n) is 3.22. The molecule has 0 atom stereocenters. The Hall–Kier alpha value is -0.780. The van der Waals surface area contributed by atoms with Gasteiger partial charge in [0.05, 0.1) is 0 Å². The monoisotopic (exact) mass is 288 g/mol. The summed E-state index contributed by atoms with van der Waals surface area (Å²) in [5.74, 6) is 0.650. The zero-order chi connectivity index (χ0) is 15.7. The van der Waals surface area contributed by atoms with Crippen LogP contribution in [0.25, 0.3) is 0 Å². The molecule has 0 heteroatoms. The Morgan fingerprint density at radius 3 is 1.76 bits per heavy atom. The van der Waals surface area contributed by atoms with E-state index in [4.69, 9.17) is 0 Å². The molecule has 0 aliphatic carbocycles. The second-order valence-electron chi connectivity index (χ2n) is 6.74. The first-order chi connectivity index (χ1) is 10.2. The van der Waals surface area contributed by atoms with E-state index >= 15 is 0 Å². The van der Waals surface area contributed by atoms with Gasteiger partial charge >= 0.3 is 0 Å². The van der Waals surface area contributed by atoms with Gasteiger partial charge in [-0.3, -0.25) is 0 Å². The second-order valence-corrected chi connectivity index (χ2v) is 6.74. The molecule has 21 heavy (non-hydrogen) atoms. The summed E-state index contributed by atoms with van der Waals surface area (Å²) in [6, 6.07) is 4.86. The fraction of sp³-hybridized carbons (Fsp3) is 0.714. The number of unbranched alkanes of at least 4 members (excludes halogenated alkanes) is 3. The summed E-state index contributed by atoms with van der Waals surface area (Å²) < 4.78 is 0. The minimum absolute atomic E-state index is 0.650. The van der Waals surface area contributed by atoms with Crippen molar-refractivity contribution in [3.05, 3.63) is 34.4 Å². The Morgan fingerprint density at radius 2 is 1.24 bits per heavy atom. The standard InChI is InChI=1S/C21H36/c1-6-9-12-18-15-16-19(17(4)5)21(14-11-8-3)20(18)13-10-7-2/h15-17H,6-14H2,1-5H3. The van der Waals surface area contributed by atoms with Crippen molar-refractivity contribution in [1.82, 2.24) is 0 Å². The van der Waals surface area contributed by atoms with Crippen molar-refractivity contribution in [2.45, 2.75) is 98.3 Å². The van der Waals surface area contributed by atoms with E-state index in [1.807, 2.05) is 0 Å². The molecule has 0 saturated heterocycles. The Bertz CT molecular complexity index is 401. The van der Waals surface area contributed by atoms with E-state index in [0.29, 0.717) is 5.92 Å². The molecular weight excluding hydrogens is 252 g/mol. The third-order valence-corrected chi connectivity index (χ3v) is 4.55. The van der Waals surface area contributed by atoms with Gasteiger partial charge in [0.15, 0.2) is 0 Å². The Kier molecular flexibility index (Phi) is 8.73. The highest BCUT2D eigenvalue weighted by Gasteiger charge is 2.14. The van der Waals surface area contributed by atoms with Gasteiger partial charge in [0.25, 0.3) is 0 Å². The second kappa shape index (κ2) is 10.0. The summed E-state index contributed by atoms with van der Waals surface area (Å²) in [5, 5.41) is 0. The van der Waals surface area contributed by atoms with Gasteiger partial charge < -0.3 is 0 Å². The van der Waals surface area contributed by atoms with Gasteiger partial charge in [-0.15, -0.1) is 0 Å². The van der Waals surface area contributed by atoms with E-state index < -0.39 is 0 Å². The van der Waals surface area contributed by atoms with Crippen LogP contribution < -0.4 is 0 Å². The molecule has 0 spiro atoms. The van der Waals surface area contributed by atoms with Crippen LogP contribution in [-0.2, 0) is 19.3 Å². The minimum atomic E-state index is 0.650. The molecule has 0 nitrogen and oxygen atoms in total. The van der Waals surface area contributed by atoms with Crippen molar-refractivity contribution in [1.29, 1.82) is 0 Å². The van der Waals surface area contributed by atoms with Crippen LogP contribution in [0.4, 0.5) is 0 Å². The van der Waals surface area contributed by atoms with Gasteiger partial charge in [-0.2, -0.15) is 0 Å². The zero-order valence-corrected chi connectivity index (χ0v) is 15.1. The van der Waals surface area contributed by atoms with Crippen LogP contribution in [0.5, 0.6) is 0 Å². The maximum atomic E-state index is 2.44. The van der Waals surface area contributed by atoms with Gasteiger partial charge in [0.2, 0.25) is 0 Å². The molecule has 0 fully saturated rings. The van der Waals surface area contributed by atoms with Crippen LogP contribution >= 0.6 is 0 Å².